The monoisotopic (exact) mass is 627 g/mol. The fourth-order valence-electron chi connectivity index (χ4n) is 5.47. The van der Waals surface area contributed by atoms with Crippen LogP contribution in [0.3, 0.4) is 0 Å². The van der Waals surface area contributed by atoms with Gasteiger partial charge in [-0.2, -0.15) is 0 Å². The van der Waals surface area contributed by atoms with Crippen molar-refractivity contribution in [3.63, 3.8) is 0 Å². The molecule has 3 aromatic carbocycles. The maximum Gasteiger partial charge on any atom is 0.415 e. The highest BCUT2D eigenvalue weighted by Gasteiger charge is 2.56. The zero-order chi connectivity index (χ0) is 32.4. The Morgan fingerprint density at radius 2 is 1.54 bits per heavy atom. The van der Waals surface area contributed by atoms with Gasteiger partial charge in [0.05, 0.1) is 12.6 Å². The maximum absolute atomic E-state index is 13.2. The number of nitrogens with one attached hydrogen (secondary N) is 2. The molecule has 12 heteroatoms. The van der Waals surface area contributed by atoms with Gasteiger partial charge >= 0.3 is 6.09 Å². The van der Waals surface area contributed by atoms with Crippen LogP contribution in [0, 0.1) is 11.2 Å². The Kier molecular flexibility index (Phi) is 8.46. The molecule has 2 N–H and O–H groups in total. The van der Waals surface area contributed by atoms with Crippen LogP contribution in [-0.4, -0.2) is 72.5 Å². The molecule has 1 aliphatic heterocycles. The van der Waals surface area contributed by atoms with E-state index in [4.69, 9.17) is 14.2 Å². The number of piperazine rings is 1. The lowest BCUT2D eigenvalue weighted by Crippen LogP contribution is -2.53. The lowest BCUT2D eigenvalue weighted by molar-refractivity contribution is -0.131. The molecule has 3 amide bonds. The summed E-state index contributed by atoms with van der Waals surface area (Å²) < 4.78 is 30.7. The molecule has 4 aromatic rings. The third-order valence-electron chi connectivity index (χ3n) is 8.31. The van der Waals surface area contributed by atoms with Crippen molar-refractivity contribution in [3.8, 4) is 23.0 Å². The summed E-state index contributed by atoms with van der Waals surface area (Å²) >= 11 is 0. The number of carbonyl (C=O) groups excluding carboxylic acids is 3. The Morgan fingerprint density at radius 1 is 0.891 bits per heavy atom. The van der Waals surface area contributed by atoms with E-state index in [9.17, 15) is 18.8 Å². The highest BCUT2D eigenvalue weighted by Crippen LogP contribution is 2.47. The minimum Gasteiger partial charge on any atom is -0.493 e. The second-order valence-electron chi connectivity index (χ2n) is 11.6. The van der Waals surface area contributed by atoms with Gasteiger partial charge in [-0.05, 0) is 87.5 Å². The molecule has 1 aliphatic carbocycles. The van der Waals surface area contributed by atoms with Crippen molar-refractivity contribution in [3.05, 3.63) is 78.7 Å². The molecule has 0 bridgehead atoms. The molecule has 0 spiro atoms. The molecule has 1 aromatic heterocycles. The zero-order valence-corrected chi connectivity index (χ0v) is 25.7. The number of amides is 3. The molecule has 1 saturated carbocycles. The molecule has 11 nitrogen and oxygen atoms in total. The largest absolute Gasteiger partial charge is 0.493 e. The van der Waals surface area contributed by atoms with Crippen LogP contribution in [0.25, 0.3) is 10.9 Å². The van der Waals surface area contributed by atoms with Gasteiger partial charge < -0.3 is 34.6 Å². The number of aromatic nitrogens is 1. The van der Waals surface area contributed by atoms with Crippen LogP contribution in [0.15, 0.2) is 72.9 Å². The van der Waals surface area contributed by atoms with Crippen LogP contribution in [-0.2, 0) is 9.59 Å². The molecule has 2 heterocycles. The predicted molar refractivity (Wildman–Crippen MR) is 170 cm³/mol. The molecular weight excluding hydrogens is 593 g/mol. The first kappa shape index (κ1) is 30.8. The van der Waals surface area contributed by atoms with Crippen molar-refractivity contribution in [1.82, 2.24) is 14.8 Å². The van der Waals surface area contributed by atoms with Crippen molar-refractivity contribution in [1.29, 1.82) is 0 Å². The average molecular weight is 628 g/mol. The first-order valence-electron chi connectivity index (χ1n) is 15.0. The van der Waals surface area contributed by atoms with Crippen molar-refractivity contribution < 1.29 is 33.0 Å². The fraction of sp³-hybridized carbons (Fsp3) is 0.294. The van der Waals surface area contributed by atoms with Gasteiger partial charge in [0.1, 0.15) is 22.7 Å². The number of halogens is 1. The van der Waals surface area contributed by atoms with E-state index in [1.54, 1.807) is 53.6 Å². The normalized spacial score (nSPS) is 17.2. The van der Waals surface area contributed by atoms with Crippen LogP contribution in [0.1, 0.15) is 19.8 Å². The number of pyridine rings is 1. The number of methoxy groups -OCH3 is 1. The van der Waals surface area contributed by atoms with E-state index in [0.717, 1.165) is 13.1 Å². The number of ether oxygens (including phenoxy) is 3. The first-order valence-corrected chi connectivity index (χ1v) is 15.0. The minimum atomic E-state index is -1.17. The molecule has 1 saturated heterocycles. The lowest BCUT2D eigenvalue weighted by Gasteiger charge is -2.37. The summed E-state index contributed by atoms with van der Waals surface area (Å²) in [5.74, 6) is 0.366. The van der Waals surface area contributed by atoms with Crippen molar-refractivity contribution in [2.75, 3.05) is 44.4 Å². The summed E-state index contributed by atoms with van der Waals surface area (Å²) in [6.45, 7) is 4.08. The Labute approximate surface area is 265 Å². The Morgan fingerprint density at radius 3 is 2.15 bits per heavy atom. The van der Waals surface area contributed by atoms with E-state index < -0.39 is 29.1 Å². The quantitative estimate of drug-likeness (QED) is 0.240. The van der Waals surface area contributed by atoms with Crippen LogP contribution in [0.5, 0.6) is 23.0 Å². The number of rotatable bonds is 8. The number of benzene rings is 3. The van der Waals surface area contributed by atoms with E-state index in [2.05, 4.69) is 20.5 Å². The molecule has 46 heavy (non-hydrogen) atoms. The summed E-state index contributed by atoms with van der Waals surface area (Å²) in [7, 11) is 3.52. The van der Waals surface area contributed by atoms with Gasteiger partial charge in [-0.1, -0.05) is 0 Å². The zero-order valence-electron chi connectivity index (χ0n) is 25.7. The smallest absolute Gasteiger partial charge is 0.415 e. The third kappa shape index (κ3) is 6.43. The van der Waals surface area contributed by atoms with Crippen LogP contribution >= 0.6 is 0 Å². The molecule has 2 aliphatic rings. The Hall–Kier alpha value is -5.23. The standard InChI is InChI=1S/C34H34FN5O6/c1-21-20-39(2)16-17-40(21)33(43)46-30-19-27-26(18-29(30)44-3)28(12-15-36-27)45-25-10-8-24(9-11-25)38-32(42)34(13-14-34)31(41)37-23-6-4-22(35)5-7-23/h4-12,15,18-19,21H,13-14,16-17,20H2,1-3H3,(H,37,41)(H,38,42)/t21-/m1/s1. The summed E-state index contributed by atoms with van der Waals surface area (Å²) in [6, 6.07) is 17.2. The topological polar surface area (TPSA) is 122 Å². The number of carbonyl (C=O) groups is 3. The molecule has 0 radical (unpaired) electrons. The highest BCUT2D eigenvalue weighted by atomic mass is 19.1. The number of fused-ring (bicyclic) bond motifs is 1. The van der Waals surface area contributed by atoms with Gasteiger partial charge in [0.15, 0.2) is 11.5 Å². The van der Waals surface area contributed by atoms with Gasteiger partial charge in [-0.25, -0.2) is 9.18 Å². The minimum absolute atomic E-state index is 0.0117. The van der Waals surface area contributed by atoms with Crippen molar-refractivity contribution in [2.45, 2.75) is 25.8 Å². The number of hydrogen-bond donors (Lipinski definition) is 2. The van der Waals surface area contributed by atoms with E-state index in [1.807, 2.05) is 14.0 Å². The number of nitrogens with zero attached hydrogens (tertiary/aromatic N) is 3. The van der Waals surface area contributed by atoms with Crippen molar-refractivity contribution >= 4 is 40.2 Å². The number of likely N-dealkylation sites (N-methyl/N-ethyl adjacent to an activating group) is 1. The van der Waals surface area contributed by atoms with Crippen LogP contribution < -0.4 is 24.8 Å². The van der Waals surface area contributed by atoms with E-state index in [0.29, 0.717) is 58.9 Å². The molecule has 0 unspecified atom stereocenters. The number of hydrogen-bond acceptors (Lipinski definition) is 8. The second-order valence-corrected chi connectivity index (χ2v) is 11.6. The summed E-state index contributed by atoms with van der Waals surface area (Å²) in [5, 5.41) is 6.16. The predicted octanol–water partition coefficient (Wildman–Crippen LogP) is 5.67. The Bertz CT molecular complexity index is 1780. The summed E-state index contributed by atoms with van der Waals surface area (Å²) in [5.41, 5.74) is 0.297. The van der Waals surface area contributed by atoms with Crippen LogP contribution in [0.2, 0.25) is 0 Å². The average Bonchev–Trinajstić information content (AvgIpc) is 3.85. The van der Waals surface area contributed by atoms with Gasteiger partial charge in [0.2, 0.25) is 11.8 Å². The highest BCUT2D eigenvalue weighted by molar-refractivity contribution is 6.16. The molecule has 6 rings (SSSR count). The van der Waals surface area contributed by atoms with Crippen LogP contribution in [0.4, 0.5) is 20.6 Å². The Balaban J connectivity index is 1.12. The lowest BCUT2D eigenvalue weighted by atomic mass is 10.0. The maximum atomic E-state index is 13.2. The van der Waals surface area contributed by atoms with Gasteiger partial charge in [0, 0.05) is 54.7 Å². The molecule has 238 valence electrons. The first-order chi connectivity index (χ1) is 22.1. The van der Waals surface area contributed by atoms with E-state index in [-0.39, 0.29) is 11.8 Å². The van der Waals surface area contributed by atoms with Gasteiger partial charge in [-0.3, -0.25) is 14.6 Å². The third-order valence-corrected chi connectivity index (χ3v) is 8.31. The van der Waals surface area contributed by atoms with Gasteiger partial charge in [-0.15, -0.1) is 0 Å². The molecule has 1 atom stereocenters. The molecular formula is C34H34FN5O6. The summed E-state index contributed by atoms with van der Waals surface area (Å²) in [6.07, 6.45) is 1.99. The van der Waals surface area contributed by atoms with Crippen molar-refractivity contribution in [2.24, 2.45) is 5.41 Å². The fourth-order valence-corrected chi connectivity index (χ4v) is 5.47. The molecule has 2 fully saturated rings. The number of anilines is 2. The second kappa shape index (κ2) is 12.6. The van der Waals surface area contributed by atoms with E-state index in [1.165, 1.54) is 31.4 Å². The SMILES string of the molecule is COc1cc2c(Oc3ccc(NC(=O)C4(C(=O)Nc5ccc(F)cc5)CC4)cc3)ccnc2cc1OC(=O)N1CCN(C)C[C@H]1C. The van der Waals surface area contributed by atoms with E-state index >= 15 is 0 Å². The summed E-state index contributed by atoms with van der Waals surface area (Å²) in [4.78, 5) is 47.2. The van der Waals surface area contributed by atoms with Gasteiger partial charge in [0.25, 0.3) is 0 Å².